The predicted molar refractivity (Wildman–Crippen MR) is 109 cm³/mol. The molecule has 0 N–H and O–H groups in total. The molecule has 5 nitrogen and oxygen atoms in total. The lowest BCUT2D eigenvalue weighted by molar-refractivity contribution is -0.237. The first-order valence-electron chi connectivity index (χ1n) is 9.49. The lowest BCUT2D eigenvalue weighted by Gasteiger charge is -2.33. The van der Waals surface area contributed by atoms with E-state index in [9.17, 15) is 18.0 Å². The third kappa shape index (κ3) is 4.38. The van der Waals surface area contributed by atoms with Gasteiger partial charge in [-0.15, -0.1) is 11.3 Å². The second kappa shape index (κ2) is 8.05. The Labute approximate surface area is 175 Å². The second-order valence-corrected chi connectivity index (χ2v) is 8.58. The van der Waals surface area contributed by atoms with Crippen LogP contribution >= 0.6 is 11.3 Å². The van der Waals surface area contributed by atoms with Gasteiger partial charge in [-0.25, -0.2) is 9.97 Å². The topological polar surface area (TPSA) is 55.3 Å². The Kier molecular flexibility index (Phi) is 5.61. The molecule has 158 valence electrons. The van der Waals surface area contributed by atoms with Crippen molar-refractivity contribution in [2.75, 3.05) is 19.7 Å². The van der Waals surface area contributed by atoms with Crippen LogP contribution in [0.1, 0.15) is 28.0 Å². The van der Waals surface area contributed by atoms with E-state index in [1.807, 2.05) is 25.1 Å². The molecule has 0 bridgehead atoms. The van der Waals surface area contributed by atoms with Gasteiger partial charge in [0.15, 0.2) is 11.9 Å². The number of aromatic nitrogens is 2. The maximum atomic E-state index is 13.0. The van der Waals surface area contributed by atoms with Crippen molar-refractivity contribution in [3.05, 3.63) is 46.7 Å². The van der Waals surface area contributed by atoms with Crippen LogP contribution in [-0.4, -0.2) is 52.6 Å². The number of benzene rings is 1. The molecule has 1 aliphatic heterocycles. The second-order valence-electron chi connectivity index (χ2n) is 7.34. The fourth-order valence-corrected chi connectivity index (χ4v) is 4.35. The maximum absolute atomic E-state index is 13.0. The zero-order valence-corrected chi connectivity index (χ0v) is 17.3. The fourth-order valence-electron chi connectivity index (χ4n) is 3.54. The number of alkyl halides is 3. The molecule has 4 rings (SSSR count). The van der Waals surface area contributed by atoms with Gasteiger partial charge in [-0.1, -0.05) is 12.1 Å². The van der Waals surface area contributed by atoms with Crippen molar-refractivity contribution in [2.24, 2.45) is 0 Å². The van der Waals surface area contributed by atoms with Gasteiger partial charge in [0.1, 0.15) is 5.69 Å². The minimum absolute atomic E-state index is 0.0410. The summed E-state index contributed by atoms with van der Waals surface area (Å²) in [6, 6.07) is 7.42. The highest BCUT2D eigenvalue weighted by atomic mass is 32.1. The molecule has 0 amide bonds. The van der Waals surface area contributed by atoms with Crippen LogP contribution in [0.25, 0.3) is 21.3 Å². The number of hydrogen-bond donors (Lipinski definition) is 0. The number of aryl methyl sites for hydroxylation is 1. The lowest BCUT2D eigenvalue weighted by Crippen LogP contribution is -2.48. The highest BCUT2D eigenvalue weighted by Gasteiger charge is 2.43. The molecule has 30 heavy (non-hydrogen) atoms. The molecule has 9 heteroatoms. The third-order valence-electron chi connectivity index (χ3n) is 5.04. The number of carbonyl (C=O) groups is 1. The first kappa shape index (κ1) is 20.9. The number of thiazole rings is 1. The molecule has 0 radical (unpaired) electrons. The average molecular weight is 435 g/mol. The molecule has 0 spiro atoms. The van der Waals surface area contributed by atoms with Gasteiger partial charge < -0.3 is 4.74 Å². The highest BCUT2D eigenvalue weighted by molar-refractivity contribution is 7.15. The Balaban J connectivity index is 1.67. The Hall–Kier alpha value is -2.36. The van der Waals surface area contributed by atoms with E-state index in [0.29, 0.717) is 24.3 Å². The van der Waals surface area contributed by atoms with Gasteiger partial charge in [0.2, 0.25) is 0 Å². The van der Waals surface area contributed by atoms with Crippen LogP contribution < -0.4 is 0 Å². The van der Waals surface area contributed by atoms with Crippen LogP contribution in [0.15, 0.2) is 30.5 Å². The number of fused-ring (bicyclic) bond motifs is 1. The summed E-state index contributed by atoms with van der Waals surface area (Å²) in [5.74, 6) is -0.147. The number of ether oxygens (including phenoxy) is 1. The van der Waals surface area contributed by atoms with Gasteiger partial charge in [-0.3, -0.25) is 9.69 Å². The summed E-state index contributed by atoms with van der Waals surface area (Å²) in [7, 11) is 0. The lowest BCUT2D eigenvalue weighted by atomic mass is 10.0. The van der Waals surface area contributed by atoms with E-state index in [0.717, 1.165) is 26.4 Å². The molecule has 3 heterocycles. The number of hydrogen-bond acceptors (Lipinski definition) is 6. The summed E-state index contributed by atoms with van der Waals surface area (Å²) in [5.41, 5.74) is 2.71. The largest absolute Gasteiger partial charge is 0.415 e. The van der Waals surface area contributed by atoms with Crippen LogP contribution in [0, 0.1) is 6.92 Å². The van der Waals surface area contributed by atoms with E-state index in [2.05, 4.69) is 9.97 Å². The Morgan fingerprint density at radius 1 is 1.33 bits per heavy atom. The zero-order chi connectivity index (χ0) is 21.5. The standard InChI is InChI=1S/C21H20F3N3O2S/c1-12(28)17-8-16(19-9-25-13(2)30-19)15-4-3-14(7-18(15)26-17)10-27-5-6-29-20(11-27)21(22,23)24/h3-4,7-9,20H,5-6,10-11H2,1-2H3. The number of nitrogens with zero attached hydrogens (tertiary/aromatic N) is 3. The summed E-state index contributed by atoms with van der Waals surface area (Å²) in [6.07, 6.45) is -4.37. The average Bonchev–Trinajstić information content (AvgIpc) is 3.12. The fraction of sp³-hybridized carbons (Fsp3) is 0.381. The van der Waals surface area contributed by atoms with E-state index in [1.165, 1.54) is 18.3 Å². The summed E-state index contributed by atoms with van der Waals surface area (Å²) in [5, 5.41) is 1.80. The smallest absolute Gasteiger partial charge is 0.366 e. The minimum atomic E-state index is -4.37. The number of halogens is 3. The highest BCUT2D eigenvalue weighted by Crippen LogP contribution is 2.33. The van der Waals surface area contributed by atoms with E-state index in [1.54, 1.807) is 17.2 Å². The van der Waals surface area contributed by atoms with Crippen molar-refractivity contribution in [3.63, 3.8) is 0 Å². The van der Waals surface area contributed by atoms with Crippen LogP contribution in [0.2, 0.25) is 0 Å². The summed E-state index contributed by atoms with van der Waals surface area (Å²) in [6.45, 7) is 4.00. The quantitative estimate of drug-likeness (QED) is 0.559. The Bertz CT molecular complexity index is 1100. The van der Waals surface area contributed by atoms with Crippen molar-refractivity contribution in [1.29, 1.82) is 0 Å². The molecule has 1 saturated heterocycles. The molecule has 0 aliphatic carbocycles. The van der Waals surface area contributed by atoms with Gasteiger partial charge in [0.05, 0.1) is 22.0 Å². The van der Waals surface area contributed by atoms with Gasteiger partial charge >= 0.3 is 6.18 Å². The van der Waals surface area contributed by atoms with Crippen LogP contribution in [0.5, 0.6) is 0 Å². The SMILES string of the molecule is CC(=O)c1cc(-c2cnc(C)s2)c2ccc(CN3CCOC(C(F)(F)F)C3)cc2n1. The summed E-state index contributed by atoms with van der Waals surface area (Å²) in [4.78, 5) is 23.5. The third-order valence-corrected chi connectivity index (χ3v) is 5.99. The van der Waals surface area contributed by atoms with E-state index in [4.69, 9.17) is 4.74 Å². The molecule has 2 aromatic heterocycles. The molecule has 0 saturated carbocycles. The first-order valence-corrected chi connectivity index (χ1v) is 10.3. The van der Waals surface area contributed by atoms with Gasteiger partial charge in [-0.2, -0.15) is 13.2 Å². The monoisotopic (exact) mass is 435 g/mol. The molecule has 1 aromatic carbocycles. The number of pyridine rings is 1. The number of rotatable bonds is 4. The van der Waals surface area contributed by atoms with Gasteiger partial charge in [-0.05, 0) is 24.6 Å². The molecular formula is C21H20F3N3O2S. The van der Waals surface area contributed by atoms with Crippen molar-refractivity contribution in [3.8, 4) is 10.4 Å². The van der Waals surface area contributed by atoms with Crippen molar-refractivity contribution in [1.82, 2.24) is 14.9 Å². The van der Waals surface area contributed by atoms with Crippen LogP contribution in [0.4, 0.5) is 13.2 Å². The molecule has 1 fully saturated rings. The number of carbonyl (C=O) groups excluding carboxylic acids is 1. The zero-order valence-electron chi connectivity index (χ0n) is 16.5. The van der Waals surface area contributed by atoms with E-state index >= 15 is 0 Å². The minimum Gasteiger partial charge on any atom is -0.366 e. The van der Waals surface area contributed by atoms with E-state index in [-0.39, 0.29) is 18.9 Å². The van der Waals surface area contributed by atoms with Crippen LogP contribution in [0.3, 0.4) is 0 Å². The molecule has 1 atom stereocenters. The Morgan fingerprint density at radius 2 is 2.13 bits per heavy atom. The van der Waals surface area contributed by atoms with Crippen molar-refractivity contribution >= 4 is 28.0 Å². The number of morpholine rings is 1. The normalized spacial score (nSPS) is 18.1. The van der Waals surface area contributed by atoms with Crippen molar-refractivity contribution < 1.29 is 22.7 Å². The maximum Gasteiger partial charge on any atom is 0.415 e. The first-order chi connectivity index (χ1) is 14.2. The van der Waals surface area contributed by atoms with E-state index < -0.39 is 12.3 Å². The molecule has 3 aromatic rings. The molecule has 1 unspecified atom stereocenters. The van der Waals surface area contributed by atoms with Gasteiger partial charge in [0, 0.05) is 43.7 Å². The molecule has 1 aliphatic rings. The summed E-state index contributed by atoms with van der Waals surface area (Å²) >= 11 is 1.53. The predicted octanol–water partition coefficient (Wildman–Crippen LogP) is 4.63. The summed E-state index contributed by atoms with van der Waals surface area (Å²) < 4.78 is 43.8. The number of ketones is 1. The van der Waals surface area contributed by atoms with Crippen LogP contribution in [-0.2, 0) is 11.3 Å². The number of Topliss-reactive ketones (excluding diaryl/α,β-unsaturated/α-hetero) is 1. The Morgan fingerprint density at radius 3 is 2.80 bits per heavy atom. The van der Waals surface area contributed by atoms with Gasteiger partial charge in [0.25, 0.3) is 0 Å². The van der Waals surface area contributed by atoms with Crippen molar-refractivity contribution in [2.45, 2.75) is 32.7 Å². The molecular weight excluding hydrogens is 415 g/mol.